The third-order valence-corrected chi connectivity index (χ3v) is 3.44. The molecule has 0 aliphatic heterocycles. The van der Waals surface area contributed by atoms with Gasteiger partial charge in [0.2, 0.25) is 0 Å². The molecule has 0 saturated heterocycles. The van der Waals surface area contributed by atoms with Crippen molar-refractivity contribution in [3.8, 4) is 5.75 Å². The van der Waals surface area contributed by atoms with Crippen molar-refractivity contribution in [2.24, 2.45) is 4.99 Å². The van der Waals surface area contributed by atoms with Crippen LogP contribution in [0.5, 0.6) is 5.75 Å². The number of halogens is 1. The van der Waals surface area contributed by atoms with Crippen molar-refractivity contribution < 1.29 is 9.47 Å². The highest BCUT2D eigenvalue weighted by Crippen LogP contribution is 2.18. The van der Waals surface area contributed by atoms with Crippen molar-refractivity contribution in [1.29, 1.82) is 0 Å². The molecule has 24 heavy (non-hydrogen) atoms. The lowest BCUT2D eigenvalue weighted by Crippen LogP contribution is -2.38. The first-order valence-corrected chi connectivity index (χ1v) is 8.42. The molecule has 0 unspecified atom stereocenters. The normalized spacial score (nSPS) is 10.9. The number of hydrogen-bond acceptors (Lipinski definition) is 3. The minimum absolute atomic E-state index is 0. The van der Waals surface area contributed by atoms with Crippen molar-refractivity contribution in [1.82, 2.24) is 10.2 Å². The van der Waals surface area contributed by atoms with Crippen LogP contribution >= 0.6 is 24.0 Å². The first-order chi connectivity index (χ1) is 11.2. The van der Waals surface area contributed by atoms with Crippen LogP contribution < -0.4 is 10.1 Å². The molecule has 1 rings (SSSR count). The summed E-state index contributed by atoms with van der Waals surface area (Å²) < 4.78 is 11.0. The Morgan fingerprint density at radius 2 is 1.96 bits per heavy atom. The fourth-order valence-corrected chi connectivity index (χ4v) is 2.20. The van der Waals surface area contributed by atoms with Gasteiger partial charge in [0.1, 0.15) is 5.75 Å². The third kappa shape index (κ3) is 8.73. The van der Waals surface area contributed by atoms with E-state index in [2.05, 4.69) is 35.1 Å². The predicted octanol–water partition coefficient (Wildman–Crippen LogP) is 3.53. The quantitative estimate of drug-likeness (QED) is 0.257. The number of rotatable bonds is 10. The Labute approximate surface area is 163 Å². The van der Waals surface area contributed by atoms with E-state index < -0.39 is 0 Å². The van der Waals surface area contributed by atoms with Crippen molar-refractivity contribution >= 4 is 29.9 Å². The minimum atomic E-state index is 0. The first kappa shape index (κ1) is 23.0. The minimum Gasteiger partial charge on any atom is -0.496 e. The van der Waals surface area contributed by atoms with Crippen molar-refractivity contribution in [2.45, 2.75) is 33.2 Å². The molecule has 1 N–H and O–H groups in total. The Balaban J connectivity index is 0.00000529. The highest BCUT2D eigenvalue weighted by atomic mass is 127. The number of para-hydroxylation sites is 1. The van der Waals surface area contributed by atoms with Gasteiger partial charge in [-0.05, 0) is 19.4 Å². The summed E-state index contributed by atoms with van der Waals surface area (Å²) in [5.74, 6) is 1.79. The molecular weight excluding hydrogens is 417 g/mol. The van der Waals surface area contributed by atoms with Crippen LogP contribution in [-0.4, -0.2) is 51.3 Å². The Morgan fingerprint density at radius 3 is 2.62 bits per heavy atom. The van der Waals surface area contributed by atoms with Gasteiger partial charge >= 0.3 is 0 Å². The molecule has 0 atom stereocenters. The SMILES string of the molecule is CCCCOCCN=C(NCC)N(C)Cc1ccccc1OC.I. The topological polar surface area (TPSA) is 46.1 Å². The number of methoxy groups -OCH3 is 1. The lowest BCUT2D eigenvalue weighted by molar-refractivity contribution is 0.138. The Morgan fingerprint density at radius 1 is 1.21 bits per heavy atom. The molecule has 138 valence electrons. The average Bonchev–Trinajstić information content (AvgIpc) is 2.57. The molecule has 0 fully saturated rings. The molecule has 0 saturated carbocycles. The molecule has 0 aliphatic carbocycles. The summed E-state index contributed by atoms with van der Waals surface area (Å²) >= 11 is 0. The van der Waals surface area contributed by atoms with Gasteiger partial charge in [0, 0.05) is 32.3 Å². The van der Waals surface area contributed by atoms with Crippen molar-refractivity contribution in [3.05, 3.63) is 29.8 Å². The van der Waals surface area contributed by atoms with Crippen molar-refractivity contribution in [2.75, 3.05) is 40.5 Å². The lowest BCUT2D eigenvalue weighted by Gasteiger charge is -2.23. The summed E-state index contributed by atoms with van der Waals surface area (Å²) in [4.78, 5) is 6.73. The Bertz CT molecular complexity index is 469. The molecular formula is C18H32IN3O2. The van der Waals surface area contributed by atoms with Crippen LogP contribution in [0.4, 0.5) is 0 Å². The zero-order valence-corrected chi connectivity index (χ0v) is 17.7. The summed E-state index contributed by atoms with van der Waals surface area (Å²) in [6, 6.07) is 8.06. The molecule has 5 nitrogen and oxygen atoms in total. The van der Waals surface area contributed by atoms with Gasteiger partial charge in [-0.1, -0.05) is 31.5 Å². The second kappa shape index (κ2) is 14.3. The lowest BCUT2D eigenvalue weighted by atomic mass is 10.2. The maximum atomic E-state index is 5.56. The molecule has 0 heterocycles. The molecule has 0 aromatic heterocycles. The molecule has 1 aromatic carbocycles. The highest BCUT2D eigenvalue weighted by molar-refractivity contribution is 14.0. The smallest absolute Gasteiger partial charge is 0.194 e. The number of guanidine groups is 1. The van der Waals surface area contributed by atoms with E-state index in [4.69, 9.17) is 9.47 Å². The fourth-order valence-electron chi connectivity index (χ4n) is 2.20. The van der Waals surface area contributed by atoms with E-state index in [1.165, 1.54) is 0 Å². The average molecular weight is 449 g/mol. The summed E-state index contributed by atoms with van der Waals surface area (Å²) in [6.45, 7) is 7.97. The van der Waals surface area contributed by atoms with E-state index in [-0.39, 0.29) is 24.0 Å². The van der Waals surface area contributed by atoms with Gasteiger partial charge in [-0.2, -0.15) is 0 Å². The maximum absolute atomic E-state index is 5.56. The van der Waals surface area contributed by atoms with Gasteiger partial charge in [-0.15, -0.1) is 24.0 Å². The fraction of sp³-hybridized carbons (Fsp3) is 0.611. The summed E-state index contributed by atoms with van der Waals surface area (Å²) in [7, 11) is 3.73. The van der Waals surface area contributed by atoms with Gasteiger partial charge in [-0.3, -0.25) is 4.99 Å². The number of aliphatic imine (C=N–C) groups is 1. The van der Waals surface area contributed by atoms with E-state index in [1.54, 1.807) is 7.11 Å². The molecule has 0 amide bonds. The summed E-state index contributed by atoms with van der Waals surface area (Å²) in [5, 5.41) is 3.32. The van der Waals surface area contributed by atoms with E-state index in [0.29, 0.717) is 13.2 Å². The van der Waals surface area contributed by atoms with E-state index in [0.717, 1.165) is 49.8 Å². The number of nitrogens with one attached hydrogen (secondary N) is 1. The van der Waals surface area contributed by atoms with Crippen LogP contribution in [0, 0.1) is 0 Å². The molecule has 6 heteroatoms. The predicted molar refractivity (Wildman–Crippen MR) is 112 cm³/mol. The summed E-state index contributed by atoms with van der Waals surface area (Å²) in [5.41, 5.74) is 1.14. The van der Waals surface area contributed by atoms with Crippen LogP contribution in [0.25, 0.3) is 0 Å². The molecule has 0 radical (unpaired) electrons. The van der Waals surface area contributed by atoms with Crippen LogP contribution in [0.1, 0.15) is 32.3 Å². The standard InChI is InChI=1S/C18H31N3O2.HI/c1-5-7-13-23-14-12-20-18(19-6-2)21(3)15-16-10-8-9-11-17(16)22-4;/h8-11H,5-7,12-15H2,1-4H3,(H,19,20);1H. The first-order valence-electron chi connectivity index (χ1n) is 8.42. The van der Waals surface area contributed by atoms with Crippen LogP contribution in [0.15, 0.2) is 29.3 Å². The zero-order valence-electron chi connectivity index (χ0n) is 15.4. The largest absolute Gasteiger partial charge is 0.496 e. The Kier molecular flexibility index (Phi) is 13.7. The molecule has 1 aromatic rings. The molecule has 0 bridgehead atoms. The molecule has 0 spiro atoms. The second-order valence-corrected chi connectivity index (χ2v) is 5.37. The maximum Gasteiger partial charge on any atom is 0.194 e. The van der Waals surface area contributed by atoms with Gasteiger partial charge in [0.25, 0.3) is 0 Å². The van der Waals surface area contributed by atoms with E-state index >= 15 is 0 Å². The van der Waals surface area contributed by atoms with Crippen molar-refractivity contribution in [3.63, 3.8) is 0 Å². The number of nitrogens with zero attached hydrogens (tertiary/aromatic N) is 2. The summed E-state index contributed by atoms with van der Waals surface area (Å²) in [6.07, 6.45) is 2.27. The number of benzene rings is 1. The van der Waals surface area contributed by atoms with Gasteiger partial charge in [0.05, 0.1) is 20.3 Å². The van der Waals surface area contributed by atoms with Crippen LogP contribution in [-0.2, 0) is 11.3 Å². The monoisotopic (exact) mass is 449 g/mol. The van der Waals surface area contributed by atoms with Gasteiger partial charge in [0.15, 0.2) is 5.96 Å². The van der Waals surface area contributed by atoms with Crippen LogP contribution in [0.3, 0.4) is 0 Å². The van der Waals surface area contributed by atoms with E-state index in [1.807, 2.05) is 25.2 Å². The Hall–Kier alpha value is -1.02. The number of hydrogen-bond donors (Lipinski definition) is 1. The highest BCUT2D eigenvalue weighted by Gasteiger charge is 2.09. The van der Waals surface area contributed by atoms with E-state index in [9.17, 15) is 0 Å². The van der Waals surface area contributed by atoms with Crippen LogP contribution in [0.2, 0.25) is 0 Å². The third-order valence-electron chi connectivity index (χ3n) is 3.44. The zero-order chi connectivity index (χ0) is 16.9. The van der Waals surface area contributed by atoms with Gasteiger partial charge < -0.3 is 19.7 Å². The molecule has 0 aliphatic rings. The number of unbranched alkanes of at least 4 members (excludes halogenated alkanes) is 1. The number of ether oxygens (including phenoxy) is 2. The van der Waals surface area contributed by atoms with Gasteiger partial charge in [-0.25, -0.2) is 0 Å². The second-order valence-electron chi connectivity index (χ2n) is 5.37.